The summed E-state index contributed by atoms with van der Waals surface area (Å²) in [7, 11) is -0.918. The molecule has 0 aliphatic carbocycles. The van der Waals surface area contributed by atoms with Crippen LogP contribution in [0.15, 0.2) is 41.1 Å². The van der Waals surface area contributed by atoms with Crippen LogP contribution in [0.4, 0.5) is 0 Å². The summed E-state index contributed by atoms with van der Waals surface area (Å²) >= 11 is 0. The molecule has 0 aliphatic rings. The van der Waals surface area contributed by atoms with Gasteiger partial charge in [0.05, 0.1) is 6.20 Å². The molecule has 72 valence electrons. The van der Waals surface area contributed by atoms with Crippen molar-refractivity contribution >= 4 is 14.2 Å². The molecule has 3 heteroatoms. The molecule has 2 aromatic rings. The van der Waals surface area contributed by atoms with Gasteiger partial charge in [-0.2, -0.15) is 0 Å². The van der Waals surface area contributed by atoms with Crippen LogP contribution >= 0.6 is 0 Å². The lowest BCUT2D eigenvalue weighted by atomic mass is 10.1. The molecule has 0 fully saturated rings. The monoisotopic (exact) mass is 203 g/mol. The number of nitrogens with zero attached hydrogens (tertiary/aromatic N) is 1. The van der Waals surface area contributed by atoms with Gasteiger partial charge in [0.25, 0.3) is 0 Å². The number of hydrogen-bond donors (Lipinski definition) is 0. The Hall–Kier alpha value is -1.35. The van der Waals surface area contributed by atoms with E-state index in [-0.39, 0.29) is 0 Å². The molecular formula is C11H13NOSi. The summed E-state index contributed by atoms with van der Waals surface area (Å²) in [6, 6.07) is 10.3. The second-order valence-electron chi connectivity index (χ2n) is 3.62. The Labute approximate surface area is 85.2 Å². The normalized spacial score (nSPS) is 10.8. The number of rotatable bonds is 2. The zero-order valence-corrected chi connectivity index (χ0v) is 9.55. The molecule has 2 rings (SSSR count). The van der Waals surface area contributed by atoms with E-state index in [1.165, 1.54) is 5.56 Å². The van der Waals surface area contributed by atoms with Gasteiger partial charge in [-0.15, -0.1) is 0 Å². The van der Waals surface area contributed by atoms with Crippen molar-refractivity contribution < 1.29 is 4.52 Å². The van der Waals surface area contributed by atoms with Gasteiger partial charge in [0.2, 0.25) is 0 Å². The number of aromatic nitrogens is 1. The van der Waals surface area contributed by atoms with Crippen molar-refractivity contribution in [3.05, 3.63) is 36.5 Å². The second-order valence-corrected chi connectivity index (χ2v) is 6.46. The molecule has 0 radical (unpaired) electrons. The van der Waals surface area contributed by atoms with E-state index in [0.717, 1.165) is 10.9 Å². The lowest BCUT2D eigenvalue weighted by Gasteiger charge is -2.02. The van der Waals surface area contributed by atoms with Crippen molar-refractivity contribution in [1.82, 2.24) is 5.16 Å². The fourth-order valence-corrected chi connectivity index (χ4v) is 2.63. The van der Waals surface area contributed by atoms with E-state index < -0.39 is 8.80 Å². The first-order chi connectivity index (χ1) is 6.79. The van der Waals surface area contributed by atoms with Crippen molar-refractivity contribution in [1.29, 1.82) is 0 Å². The van der Waals surface area contributed by atoms with Crippen LogP contribution in [0.2, 0.25) is 13.1 Å². The molecule has 0 spiro atoms. The molecular weight excluding hydrogens is 190 g/mol. The first kappa shape index (κ1) is 9.21. The molecule has 0 saturated carbocycles. The fourth-order valence-electron chi connectivity index (χ4n) is 1.50. The van der Waals surface area contributed by atoms with E-state index in [2.05, 4.69) is 30.4 Å². The Balaban J connectivity index is 2.47. The van der Waals surface area contributed by atoms with E-state index in [1.54, 1.807) is 0 Å². The van der Waals surface area contributed by atoms with Gasteiger partial charge in [-0.1, -0.05) is 48.6 Å². The zero-order valence-electron chi connectivity index (χ0n) is 8.40. The van der Waals surface area contributed by atoms with Crippen LogP contribution in [0.5, 0.6) is 0 Å². The minimum atomic E-state index is -0.918. The van der Waals surface area contributed by atoms with Crippen molar-refractivity contribution in [2.75, 3.05) is 0 Å². The lowest BCUT2D eigenvalue weighted by molar-refractivity contribution is 0.444. The SMILES string of the molecule is C[SiH](C)c1oncc1-c1ccccc1. The maximum atomic E-state index is 5.29. The Morgan fingerprint density at radius 2 is 1.86 bits per heavy atom. The zero-order chi connectivity index (χ0) is 9.97. The molecule has 1 aromatic carbocycles. The van der Waals surface area contributed by atoms with E-state index in [9.17, 15) is 0 Å². The predicted molar refractivity (Wildman–Crippen MR) is 60.5 cm³/mol. The predicted octanol–water partition coefficient (Wildman–Crippen LogP) is 2.04. The quantitative estimate of drug-likeness (QED) is 0.698. The number of benzene rings is 1. The van der Waals surface area contributed by atoms with Gasteiger partial charge in [-0.3, -0.25) is 0 Å². The molecule has 0 N–H and O–H groups in total. The van der Waals surface area contributed by atoms with Crippen LogP contribution in [0.25, 0.3) is 11.1 Å². The third kappa shape index (κ3) is 1.63. The Morgan fingerprint density at radius 1 is 1.14 bits per heavy atom. The third-order valence-corrected chi connectivity index (χ3v) is 3.67. The minimum Gasteiger partial charge on any atom is -0.366 e. The average Bonchev–Trinajstić information content (AvgIpc) is 2.67. The summed E-state index contributed by atoms with van der Waals surface area (Å²) in [4.78, 5) is 0. The van der Waals surface area contributed by atoms with Gasteiger partial charge in [0.15, 0.2) is 0 Å². The van der Waals surface area contributed by atoms with Crippen molar-refractivity contribution in [3.8, 4) is 11.1 Å². The molecule has 0 bridgehead atoms. The molecule has 0 aliphatic heterocycles. The van der Waals surface area contributed by atoms with Crippen molar-refractivity contribution in [2.45, 2.75) is 13.1 Å². The maximum Gasteiger partial charge on any atom is 0.118 e. The highest BCUT2D eigenvalue weighted by molar-refractivity contribution is 6.70. The fraction of sp³-hybridized carbons (Fsp3) is 0.182. The van der Waals surface area contributed by atoms with E-state index >= 15 is 0 Å². The molecule has 1 heterocycles. The van der Waals surface area contributed by atoms with Gasteiger partial charge in [0, 0.05) is 5.56 Å². The van der Waals surface area contributed by atoms with Gasteiger partial charge >= 0.3 is 0 Å². The second kappa shape index (κ2) is 3.80. The Morgan fingerprint density at radius 3 is 2.50 bits per heavy atom. The topological polar surface area (TPSA) is 26.0 Å². The smallest absolute Gasteiger partial charge is 0.118 e. The van der Waals surface area contributed by atoms with Gasteiger partial charge < -0.3 is 4.52 Å². The highest BCUT2D eigenvalue weighted by Crippen LogP contribution is 2.16. The molecule has 1 aromatic heterocycles. The van der Waals surface area contributed by atoms with Gasteiger partial charge in [0.1, 0.15) is 14.2 Å². The first-order valence-corrected chi connectivity index (χ1v) is 7.67. The van der Waals surface area contributed by atoms with E-state index in [0.29, 0.717) is 0 Å². The largest absolute Gasteiger partial charge is 0.366 e. The van der Waals surface area contributed by atoms with Crippen LogP contribution < -0.4 is 5.38 Å². The Kier molecular flexibility index (Phi) is 2.50. The van der Waals surface area contributed by atoms with Crippen molar-refractivity contribution in [2.24, 2.45) is 0 Å². The standard InChI is InChI=1S/C11H13NOSi/c1-14(2)11-10(8-12-13-11)9-6-4-3-5-7-9/h3-8,14H,1-2H3. The highest BCUT2D eigenvalue weighted by atomic mass is 28.3. The molecule has 2 nitrogen and oxygen atoms in total. The van der Waals surface area contributed by atoms with Gasteiger partial charge in [-0.05, 0) is 5.56 Å². The van der Waals surface area contributed by atoms with Crippen LogP contribution in [-0.4, -0.2) is 14.0 Å². The average molecular weight is 203 g/mol. The molecule has 0 unspecified atom stereocenters. The summed E-state index contributed by atoms with van der Waals surface area (Å²) in [5, 5.41) is 4.97. The molecule has 0 atom stereocenters. The summed E-state index contributed by atoms with van der Waals surface area (Å²) < 4.78 is 5.29. The maximum absolute atomic E-state index is 5.29. The van der Waals surface area contributed by atoms with Crippen LogP contribution in [0, 0.1) is 0 Å². The summed E-state index contributed by atoms with van der Waals surface area (Å²) in [5.74, 6) is 0. The Bertz CT molecular complexity index is 408. The third-order valence-electron chi connectivity index (χ3n) is 2.21. The van der Waals surface area contributed by atoms with Crippen LogP contribution in [0.1, 0.15) is 0 Å². The molecule has 0 amide bonds. The van der Waals surface area contributed by atoms with Crippen LogP contribution in [-0.2, 0) is 0 Å². The van der Waals surface area contributed by atoms with Gasteiger partial charge in [-0.25, -0.2) is 0 Å². The van der Waals surface area contributed by atoms with E-state index in [4.69, 9.17) is 4.52 Å². The minimum absolute atomic E-state index is 0.918. The number of hydrogen-bond acceptors (Lipinski definition) is 2. The molecule has 0 saturated heterocycles. The van der Waals surface area contributed by atoms with Crippen LogP contribution in [0.3, 0.4) is 0 Å². The van der Waals surface area contributed by atoms with E-state index in [1.807, 2.05) is 24.4 Å². The summed E-state index contributed by atoms with van der Waals surface area (Å²) in [6.45, 7) is 4.49. The first-order valence-electron chi connectivity index (χ1n) is 4.79. The summed E-state index contributed by atoms with van der Waals surface area (Å²) in [6.07, 6.45) is 1.82. The lowest BCUT2D eigenvalue weighted by Crippen LogP contribution is -2.22. The highest BCUT2D eigenvalue weighted by Gasteiger charge is 2.13. The molecule has 14 heavy (non-hydrogen) atoms. The van der Waals surface area contributed by atoms with Crippen molar-refractivity contribution in [3.63, 3.8) is 0 Å². The summed E-state index contributed by atoms with van der Waals surface area (Å²) in [5.41, 5.74) is 2.36.